The molecule has 1 aromatic carbocycles. The van der Waals surface area contributed by atoms with Gasteiger partial charge in [0.05, 0.1) is 4.70 Å². The number of rotatable bonds is 3. The molecule has 0 saturated heterocycles. The van der Waals surface area contributed by atoms with Gasteiger partial charge in [-0.25, -0.2) is 14.0 Å². The van der Waals surface area contributed by atoms with Gasteiger partial charge in [-0.05, 0) is 36.8 Å². The summed E-state index contributed by atoms with van der Waals surface area (Å²) >= 11 is 1.11. The van der Waals surface area contributed by atoms with Crippen LogP contribution in [-0.2, 0) is 0 Å². The van der Waals surface area contributed by atoms with Crippen LogP contribution >= 0.6 is 11.3 Å². The largest absolute Gasteiger partial charge is 0.477 e. The number of thiophene rings is 1. The molecule has 0 aliphatic carbocycles. The van der Waals surface area contributed by atoms with Crippen LogP contribution in [0.5, 0.6) is 0 Å². The molecule has 0 aliphatic rings. The second kappa shape index (κ2) is 6.14. The molecule has 0 unspecified atom stereocenters. The van der Waals surface area contributed by atoms with Gasteiger partial charge in [-0.1, -0.05) is 0 Å². The first-order chi connectivity index (χ1) is 11.8. The van der Waals surface area contributed by atoms with Crippen LogP contribution in [0.15, 0.2) is 39.5 Å². The second-order valence-electron chi connectivity index (χ2n) is 5.39. The number of halogens is 1. The molecule has 0 saturated carbocycles. The molecule has 8 heteroatoms. The Hall–Kier alpha value is -3.00. The number of fused-ring (bicyclic) bond motifs is 1. The minimum absolute atomic E-state index is 0.199. The summed E-state index contributed by atoms with van der Waals surface area (Å²) in [5, 5.41) is 9.44. The minimum atomic E-state index is -1.38. The van der Waals surface area contributed by atoms with Gasteiger partial charge in [-0.15, -0.1) is 11.3 Å². The van der Waals surface area contributed by atoms with Crippen LogP contribution in [0.3, 0.4) is 0 Å². The van der Waals surface area contributed by atoms with Crippen LogP contribution in [0.25, 0.3) is 10.3 Å². The maximum Gasteiger partial charge on any atom is 0.351 e. The molecule has 1 amide bonds. The number of carbonyl (C=O) groups excluding carboxylic acids is 1. The van der Waals surface area contributed by atoms with Gasteiger partial charge in [-0.2, -0.15) is 0 Å². The number of benzene rings is 1. The van der Waals surface area contributed by atoms with Crippen molar-refractivity contribution in [2.75, 3.05) is 11.9 Å². The molecule has 0 bridgehead atoms. The van der Waals surface area contributed by atoms with Crippen molar-refractivity contribution in [2.24, 2.45) is 0 Å². The first-order valence-electron chi connectivity index (χ1n) is 7.13. The summed E-state index contributed by atoms with van der Waals surface area (Å²) in [5.74, 6) is -2.14. The monoisotopic (exact) mass is 361 g/mol. The first-order valence-corrected chi connectivity index (χ1v) is 7.95. The van der Waals surface area contributed by atoms with Crippen molar-refractivity contribution >= 4 is 38.5 Å². The lowest BCUT2D eigenvalue weighted by atomic mass is 10.1. The highest BCUT2D eigenvalue weighted by Gasteiger charge is 2.19. The molecule has 0 spiro atoms. The number of aromatic carboxylic acids is 1. The third-order valence-electron chi connectivity index (χ3n) is 3.68. The Bertz CT molecular complexity index is 1070. The van der Waals surface area contributed by atoms with E-state index in [0.29, 0.717) is 20.8 Å². The fourth-order valence-corrected chi connectivity index (χ4v) is 3.28. The Morgan fingerprint density at radius 2 is 1.96 bits per heavy atom. The highest BCUT2D eigenvalue weighted by atomic mass is 32.1. The zero-order valence-corrected chi connectivity index (χ0v) is 14.0. The van der Waals surface area contributed by atoms with Crippen molar-refractivity contribution in [1.29, 1.82) is 0 Å². The number of carboxylic acid groups (broad SMARTS) is 1. The van der Waals surface area contributed by atoms with Gasteiger partial charge in [0, 0.05) is 18.7 Å². The van der Waals surface area contributed by atoms with E-state index >= 15 is 0 Å². The summed E-state index contributed by atoms with van der Waals surface area (Å²) in [7, 11) is 1.53. The molecule has 6 nitrogen and oxygen atoms in total. The van der Waals surface area contributed by atoms with Gasteiger partial charge < -0.3 is 14.4 Å². The molecule has 1 N–H and O–H groups in total. The van der Waals surface area contributed by atoms with Crippen molar-refractivity contribution in [3.63, 3.8) is 0 Å². The summed E-state index contributed by atoms with van der Waals surface area (Å²) in [6.07, 6.45) is 0. The van der Waals surface area contributed by atoms with E-state index in [4.69, 9.17) is 9.52 Å². The molecular formula is C17H12FNO5S. The Kier molecular flexibility index (Phi) is 4.13. The average Bonchev–Trinajstić information content (AvgIpc) is 2.97. The number of hydrogen-bond donors (Lipinski definition) is 1. The van der Waals surface area contributed by atoms with E-state index in [1.165, 1.54) is 42.3 Å². The van der Waals surface area contributed by atoms with Crippen LogP contribution in [0.1, 0.15) is 26.3 Å². The number of nitrogens with zero attached hydrogens (tertiary/aromatic N) is 1. The lowest BCUT2D eigenvalue weighted by molar-refractivity contribution is 0.0692. The van der Waals surface area contributed by atoms with E-state index in [1.54, 1.807) is 6.92 Å². The molecule has 128 valence electrons. The Morgan fingerprint density at radius 3 is 2.60 bits per heavy atom. The number of hydrogen-bond acceptors (Lipinski definition) is 5. The SMILES string of the molecule is Cc1cc(C(=O)N(C)c2cc3oc(=O)c(C(=O)O)cc3s2)ccc1F. The van der Waals surface area contributed by atoms with Gasteiger partial charge in [0.1, 0.15) is 16.4 Å². The van der Waals surface area contributed by atoms with Crippen molar-refractivity contribution in [1.82, 2.24) is 0 Å². The molecule has 25 heavy (non-hydrogen) atoms. The number of amides is 1. The zero-order chi connectivity index (χ0) is 18.3. The van der Waals surface area contributed by atoms with E-state index in [2.05, 4.69) is 0 Å². The van der Waals surface area contributed by atoms with Gasteiger partial charge in [0.2, 0.25) is 0 Å². The molecule has 0 radical (unpaired) electrons. The summed E-state index contributed by atoms with van der Waals surface area (Å²) in [6.45, 7) is 1.56. The molecule has 0 fully saturated rings. The third-order valence-corrected chi connectivity index (χ3v) is 4.82. The topological polar surface area (TPSA) is 87.8 Å². The molecule has 0 aliphatic heterocycles. The summed E-state index contributed by atoms with van der Waals surface area (Å²) in [6, 6.07) is 6.76. The maximum atomic E-state index is 13.4. The predicted molar refractivity (Wildman–Crippen MR) is 91.2 cm³/mol. The number of carbonyl (C=O) groups is 2. The van der Waals surface area contributed by atoms with E-state index in [0.717, 1.165) is 11.3 Å². The van der Waals surface area contributed by atoms with E-state index < -0.39 is 23.0 Å². The second-order valence-corrected chi connectivity index (χ2v) is 6.46. The summed E-state index contributed by atoms with van der Waals surface area (Å²) in [4.78, 5) is 36.5. The molecule has 2 heterocycles. The van der Waals surface area contributed by atoms with E-state index in [1.807, 2.05) is 0 Å². The van der Waals surface area contributed by atoms with E-state index in [-0.39, 0.29) is 11.5 Å². The van der Waals surface area contributed by atoms with Gasteiger partial charge >= 0.3 is 11.6 Å². The zero-order valence-electron chi connectivity index (χ0n) is 13.2. The third kappa shape index (κ3) is 3.03. The standard InChI is InChI=1S/C17H12FNO5S/c1-8-5-9(3-4-11(8)18)15(20)19(2)14-7-12-13(25-14)6-10(16(21)22)17(23)24-12/h3-7H,1-2H3,(H,21,22). The normalized spacial score (nSPS) is 10.8. The first kappa shape index (κ1) is 16.8. The lowest BCUT2D eigenvalue weighted by Gasteiger charge is -2.15. The average molecular weight is 361 g/mol. The highest BCUT2D eigenvalue weighted by molar-refractivity contribution is 7.22. The fraction of sp³-hybridized carbons (Fsp3) is 0.118. The molecule has 0 atom stereocenters. The Balaban J connectivity index is 2.00. The van der Waals surface area contributed by atoms with Crippen LogP contribution in [0, 0.1) is 12.7 Å². The fourth-order valence-electron chi connectivity index (χ4n) is 2.29. The molecule has 2 aromatic heterocycles. The van der Waals surface area contributed by atoms with Gasteiger partial charge in [0.15, 0.2) is 5.58 Å². The summed E-state index contributed by atoms with van der Waals surface area (Å²) in [5.41, 5.74) is -0.555. The van der Waals surface area contributed by atoms with Gasteiger partial charge in [0.25, 0.3) is 5.91 Å². The van der Waals surface area contributed by atoms with Crippen molar-refractivity contribution in [3.05, 3.63) is 63.3 Å². The number of aryl methyl sites for hydroxylation is 1. The molecule has 3 rings (SSSR count). The van der Waals surface area contributed by atoms with Crippen LogP contribution in [-0.4, -0.2) is 24.0 Å². The van der Waals surface area contributed by atoms with Crippen LogP contribution < -0.4 is 10.5 Å². The lowest BCUT2D eigenvalue weighted by Crippen LogP contribution is -2.25. The minimum Gasteiger partial charge on any atom is -0.477 e. The van der Waals surface area contributed by atoms with Crippen molar-refractivity contribution < 1.29 is 23.5 Å². The molecule has 3 aromatic rings. The van der Waals surface area contributed by atoms with Gasteiger partial charge in [-0.3, -0.25) is 4.79 Å². The van der Waals surface area contributed by atoms with Crippen molar-refractivity contribution in [3.8, 4) is 0 Å². The number of anilines is 1. The van der Waals surface area contributed by atoms with Crippen LogP contribution in [0.2, 0.25) is 0 Å². The maximum absolute atomic E-state index is 13.4. The number of carboxylic acids is 1. The van der Waals surface area contributed by atoms with E-state index in [9.17, 15) is 18.8 Å². The van der Waals surface area contributed by atoms with Crippen LogP contribution in [0.4, 0.5) is 9.39 Å². The van der Waals surface area contributed by atoms with Crippen molar-refractivity contribution in [2.45, 2.75) is 6.92 Å². The predicted octanol–water partition coefficient (Wildman–Crippen LogP) is 3.28. The molecular weight excluding hydrogens is 349 g/mol. The quantitative estimate of drug-likeness (QED) is 0.773. The highest BCUT2D eigenvalue weighted by Crippen LogP contribution is 2.32. The Labute approximate surface area is 144 Å². The smallest absolute Gasteiger partial charge is 0.351 e. The Morgan fingerprint density at radius 1 is 1.24 bits per heavy atom. The summed E-state index contributed by atoms with van der Waals surface area (Å²) < 4.78 is 18.8.